The van der Waals surface area contributed by atoms with Crippen LogP contribution in [-0.4, -0.2) is 42.4 Å². The van der Waals surface area contributed by atoms with Gasteiger partial charge in [0.25, 0.3) is 0 Å². The summed E-state index contributed by atoms with van der Waals surface area (Å²) in [5.41, 5.74) is 5.09. The highest BCUT2D eigenvalue weighted by atomic mass is 16.2. The first-order chi connectivity index (χ1) is 7.06. The highest BCUT2D eigenvalue weighted by molar-refractivity contribution is 5.87. The second-order valence-corrected chi connectivity index (χ2v) is 4.02. The fraction of sp³-hybridized carbons (Fsp3) is 0.800. The van der Waals surface area contributed by atoms with Gasteiger partial charge in [0.1, 0.15) is 0 Å². The van der Waals surface area contributed by atoms with Crippen molar-refractivity contribution in [2.75, 3.05) is 19.6 Å². The highest BCUT2D eigenvalue weighted by Gasteiger charge is 2.32. The van der Waals surface area contributed by atoms with Gasteiger partial charge in [0.05, 0.1) is 12.6 Å². The molecule has 5 nitrogen and oxygen atoms in total. The van der Waals surface area contributed by atoms with Crippen molar-refractivity contribution in [3.8, 4) is 0 Å². The topological polar surface area (TPSA) is 75.4 Å². The number of carbonyl (C=O) groups is 2. The number of primary amides is 1. The SMILES string of the molecule is CCN(CC(N)=O)C(=O)C1NCCC1C. The summed E-state index contributed by atoms with van der Waals surface area (Å²) in [5.74, 6) is -0.142. The average molecular weight is 213 g/mol. The molecule has 5 heteroatoms. The molecule has 1 aliphatic rings. The van der Waals surface area contributed by atoms with Crippen molar-refractivity contribution in [2.45, 2.75) is 26.3 Å². The van der Waals surface area contributed by atoms with Crippen molar-refractivity contribution in [3.63, 3.8) is 0 Å². The van der Waals surface area contributed by atoms with Gasteiger partial charge in [-0.2, -0.15) is 0 Å². The predicted molar refractivity (Wildman–Crippen MR) is 57.0 cm³/mol. The Balaban J connectivity index is 2.59. The van der Waals surface area contributed by atoms with E-state index in [9.17, 15) is 9.59 Å². The molecule has 1 aliphatic heterocycles. The first kappa shape index (κ1) is 12.0. The molecule has 0 spiro atoms. The minimum atomic E-state index is -0.462. The largest absolute Gasteiger partial charge is 0.368 e. The third-order valence-corrected chi connectivity index (χ3v) is 2.84. The first-order valence-electron chi connectivity index (χ1n) is 5.36. The molecule has 0 aliphatic carbocycles. The summed E-state index contributed by atoms with van der Waals surface area (Å²) >= 11 is 0. The van der Waals surface area contributed by atoms with E-state index >= 15 is 0 Å². The van der Waals surface area contributed by atoms with E-state index in [-0.39, 0.29) is 18.5 Å². The summed E-state index contributed by atoms with van der Waals surface area (Å²) in [6.45, 7) is 5.29. The van der Waals surface area contributed by atoms with E-state index in [2.05, 4.69) is 5.32 Å². The van der Waals surface area contributed by atoms with E-state index in [1.54, 1.807) is 0 Å². The lowest BCUT2D eigenvalue weighted by atomic mass is 10.0. The van der Waals surface area contributed by atoms with E-state index in [1.807, 2.05) is 13.8 Å². The Kier molecular flexibility index (Phi) is 4.08. The molecular formula is C10H19N3O2. The molecule has 0 radical (unpaired) electrons. The van der Waals surface area contributed by atoms with E-state index in [4.69, 9.17) is 5.73 Å². The van der Waals surface area contributed by atoms with Crippen LogP contribution in [0.4, 0.5) is 0 Å². The lowest BCUT2D eigenvalue weighted by molar-refractivity contribution is -0.137. The number of hydrogen-bond donors (Lipinski definition) is 2. The van der Waals surface area contributed by atoms with Crippen LogP contribution in [0.15, 0.2) is 0 Å². The van der Waals surface area contributed by atoms with Gasteiger partial charge in [0, 0.05) is 6.54 Å². The third kappa shape index (κ3) is 2.92. The lowest BCUT2D eigenvalue weighted by Gasteiger charge is -2.24. The number of carbonyl (C=O) groups excluding carboxylic acids is 2. The quantitative estimate of drug-likeness (QED) is 0.649. The van der Waals surface area contributed by atoms with Gasteiger partial charge in [-0.05, 0) is 25.8 Å². The molecule has 0 saturated carbocycles. The van der Waals surface area contributed by atoms with Crippen molar-refractivity contribution < 1.29 is 9.59 Å². The van der Waals surface area contributed by atoms with Crippen LogP contribution in [0.3, 0.4) is 0 Å². The predicted octanol–water partition coefficient (Wildman–Crippen LogP) is -0.682. The van der Waals surface area contributed by atoms with Gasteiger partial charge in [-0.25, -0.2) is 0 Å². The van der Waals surface area contributed by atoms with Crippen LogP contribution in [0.5, 0.6) is 0 Å². The zero-order valence-corrected chi connectivity index (χ0v) is 9.32. The molecule has 15 heavy (non-hydrogen) atoms. The van der Waals surface area contributed by atoms with E-state index in [0.717, 1.165) is 13.0 Å². The summed E-state index contributed by atoms with van der Waals surface area (Å²) in [4.78, 5) is 24.3. The number of likely N-dealkylation sites (N-methyl/N-ethyl adjacent to an activating group) is 1. The Labute approximate surface area is 90.0 Å². The van der Waals surface area contributed by atoms with Crippen LogP contribution >= 0.6 is 0 Å². The van der Waals surface area contributed by atoms with Crippen LogP contribution < -0.4 is 11.1 Å². The molecule has 1 saturated heterocycles. The Hall–Kier alpha value is -1.10. The molecule has 3 N–H and O–H groups in total. The second-order valence-electron chi connectivity index (χ2n) is 4.02. The second kappa shape index (κ2) is 5.11. The number of nitrogens with one attached hydrogen (secondary N) is 1. The van der Waals surface area contributed by atoms with Crippen molar-refractivity contribution in [2.24, 2.45) is 11.7 Å². The Bertz CT molecular complexity index is 255. The normalized spacial score (nSPS) is 25.2. The highest BCUT2D eigenvalue weighted by Crippen LogP contribution is 2.16. The van der Waals surface area contributed by atoms with Gasteiger partial charge >= 0.3 is 0 Å². The Morgan fingerprint density at radius 1 is 1.53 bits per heavy atom. The van der Waals surface area contributed by atoms with Crippen molar-refractivity contribution >= 4 is 11.8 Å². The summed E-state index contributed by atoms with van der Waals surface area (Å²) in [6.07, 6.45) is 1.00. The van der Waals surface area contributed by atoms with Gasteiger partial charge in [-0.3, -0.25) is 9.59 Å². The molecule has 0 aromatic carbocycles. The molecule has 2 amide bonds. The summed E-state index contributed by atoms with van der Waals surface area (Å²) in [6, 6.07) is -0.149. The number of amides is 2. The zero-order valence-electron chi connectivity index (χ0n) is 9.32. The lowest BCUT2D eigenvalue weighted by Crippen LogP contribution is -2.48. The van der Waals surface area contributed by atoms with Crippen LogP contribution in [0.2, 0.25) is 0 Å². The number of rotatable bonds is 4. The summed E-state index contributed by atoms with van der Waals surface area (Å²) < 4.78 is 0. The smallest absolute Gasteiger partial charge is 0.240 e. The van der Waals surface area contributed by atoms with Gasteiger partial charge in [-0.1, -0.05) is 6.92 Å². The van der Waals surface area contributed by atoms with Gasteiger partial charge in [0.2, 0.25) is 11.8 Å². The first-order valence-corrected chi connectivity index (χ1v) is 5.36. The maximum absolute atomic E-state index is 12.0. The number of hydrogen-bond acceptors (Lipinski definition) is 3. The summed E-state index contributed by atoms with van der Waals surface area (Å²) in [5, 5.41) is 3.15. The van der Waals surface area contributed by atoms with Gasteiger partial charge in [0.15, 0.2) is 0 Å². The molecule has 0 aromatic rings. The Morgan fingerprint density at radius 2 is 2.20 bits per heavy atom. The molecule has 1 rings (SSSR count). The molecule has 86 valence electrons. The van der Waals surface area contributed by atoms with Crippen molar-refractivity contribution in [1.29, 1.82) is 0 Å². The number of nitrogens with two attached hydrogens (primary N) is 1. The van der Waals surface area contributed by atoms with Crippen LogP contribution in [-0.2, 0) is 9.59 Å². The number of nitrogens with zero attached hydrogens (tertiary/aromatic N) is 1. The maximum atomic E-state index is 12.0. The fourth-order valence-electron chi connectivity index (χ4n) is 1.90. The van der Waals surface area contributed by atoms with Crippen LogP contribution in [0, 0.1) is 5.92 Å². The summed E-state index contributed by atoms with van der Waals surface area (Å²) in [7, 11) is 0. The zero-order chi connectivity index (χ0) is 11.4. The standard InChI is InChI=1S/C10H19N3O2/c1-3-13(6-8(11)14)10(15)9-7(2)4-5-12-9/h7,9,12H,3-6H2,1-2H3,(H2,11,14). The van der Waals surface area contributed by atoms with Gasteiger partial charge < -0.3 is 16.0 Å². The minimum absolute atomic E-state index is 0.0127. The molecule has 1 fully saturated rings. The molecule has 1 heterocycles. The van der Waals surface area contributed by atoms with Crippen LogP contribution in [0.1, 0.15) is 20.3 Å². The molecule has 0 aromatic heterocycles. The van der Waals surface area contributed by atoms with Crippen LogP contribution in [0.25, 0.3) is 0 Å². The molecule has 2 unspecified atom stereocenters. The fourth-order valence-corrected chi connectivity index (χ4v) is 1.90. The van der Waals surface area contributed by atoms with E-state index in [1.165, 1.54) is 4.90 Å². The average Bonchev–Trinajstić information content (AvgIpc) is 2.59. The molecule has 0 bridgehead atoms. The van der Waals surface area contributed by atoms with Gasteiger partial charge in [-0.15, -0.1) is 0 Å². The molecule has 2 atom stereocenters. The maximum Gasteiger partial charge on any atom is 0.240 e. The van der Waals surface area contributed by atoms with E-state index in [0.29, 0.717) is 12.5 Å². The molecular weight excluding hydrogens is 194 g/mol. The monoisotopic (exact) mass is 213 g/mol. The minimum Gasteiger partial charge on any atom is -0.368 e. The third-order valence-electron chi connectivity index (χ3n) is 2.84. The van der Waals surface area contributed by atoms with E-state index < -0.39 is 5.91 Å². The Morgan fingerprint density at radius 3 is 2.60 bits per heavy atom. The van der Waals surface area contributed by atoms with Crippen molar-refractivity contribution in [1.82, 2.24) is 10.2 Å². The van der Waals surface area contributed by atoms with Crippen molar-refractivity contribution in [3.05, 3.63) is 0 Å².